The van der Waals surface area contributed by atoms with E-state index in [-0.39, 0.29) is 12.0 Å². The molecule has 1 nitrogen and oxygen atoms in total. The van der Waals surface area contributed by atoms with Gasteiger partial charge in [-0.3, -0.25) is 0 Å². The molecule has 0 radical (unpaired) electrons. The number of alkyl halides is 3. The topological polar surface area (TPSA) is 26.0 Å². The van der Waals surface area contributed by atoms with Gasteiger partial charge in [0.1, 0.15) is 0 Å². The number of hydrogen-bond donors (Lipinski definition) is 1. The van der Waals surface area contributed by atoms with E-state index in [1.54, 1.807) is 6.07 Å². The highest BCUT2D eigenvalue weighted by atomic mass is 19.4. The first kappa shape index (κ1) is 9.52. The summed E-state index contributed by atoms with van der Waals surface area (Å²) >= 11 is 0. The third kappa shape index (κ3) is 1.75. The zero-order chi connectivity index (χ0) is 10.3. The lowest BCUT2D eigenvalue weighted by Crippen LogP contribution is -2.06. The molecule has 2 N–H and O–H groups in total. The van der Waals surface area contributed by atoms with E-state index in [9.17, 15) is 13.2 Å². The Morgan fingerprint density at radius 2 is 1.93 bits per heavy atom. The minimum atomic E-state index is -4.25. The zero-order valence-corrected chi connectivity index (χ0v) is 7.38. The van der Waals surface area contributed by atoms with Crippen molar-refractivity contribution in [3.8, 4) is 0 Å². The van der Waals surface area contributed by atoms with Gasteiger partial charge in [0.25, 0.3) is 0 Å². The van der Waals surface area contributed by atoms with Crippen molar-refractivity contribution in [1.29, 1.82) is 0 Å². The molecule has 0 saturated heterocycles. The van der Waals surface area contributed by atoms with Crippen molar-refractivity contribution in [2.75, 3.05) is 0 Å². The Morgan fingerprint density at radius 3 is 2.43 bits per heavy atom. The van der Waals surface area contributed by atoms with Crippen LogP contribution in [0.3, 0.4) is 0 Å². The van der Waals surface area contributed by atoms with Crippen molar-refractivity contribution < 1.29 is 13.2 Å². The smallest absolute Gasteiger partial charge is 0.327 e. The second-order valence-corrected chi connectivity index (χ2v) is 3.63. The fourth-order valence-corrected chi connectivity index (χ4v) is 1.54. The van der Waals surface area contributed by atoms with E-state index in [1.165, 1.54) is 12.1 Å². The van der Waals surface area contributed by atoms with Gasteiger partial charge in [-0.05, 0) is 18.1 Å². The fraction of sp³-hybridized carbons (Fsp3) is 0.400. The van der Waals surface area contributed by atoms with Crippen LogP contribution in [-0.2, 0) is 6.18 Å². The number of nitrogens with two attached hydrogens (primary N) is 1. The highest BCUT2D eigenvalue weighted by Gasteiger charge is 2.37. The van der Waals surface area contributed by atoms with Crippen LogP contribution in [0.5, 0.6) is 0 Å². The Balaban J connectivity index is 2.28. The minimum absolute atomic E-state index is 0.0403. The first-order valence-corrected chi connectivity index (χ1v) is 4.41. The molecule has 0 unspecified atom stereocenters. The summed E-state index contributed by atoms with van der Waals surface area (Å²) < 4.78 is 37.0. The van der Waals surface area contributed by atoms with Crippen LogP contribution in [0, 0.1) is 0 Å². The summed E-state index contributed by atoms with van der Waals surface area (Å²) in [6.07, 6.45) is -3.46. The lowest BCUT2D eigenvalue weighted by Gasteiger charge is -2.07. The Morgan fingerprint density at radius 1 is 1.29 bits per heavy atom. The summed E-state index contributed by atoms with van der Waals surface area (Å²) in [6.45, 7) is 0. The Kier molecular flexibility index (Phi) is 2.03. The molecule has 0 heterocycles. The average Bonchev–Trinajstić information content (AvgIpc) is 2.82. The largest absolute Gasteiger partial charge is 0.416 e. The predicted octanol–water partition coefficient (Wildman–Crippen LogP) is 2.52. The van der Waals surface area contributed by atoms with E-state index >= 15 is 0 Å². The molecule has 2 rings (SSSR count). The third-order valence-electron chi connectivity index (χ3n) is 2.48. The summed E-state index contributed by atoms with van der Waals surface area (Å²) in [7, 11) is 0. The normalized spacial score (nSPS) is 26.3. The lowest BCUT2D eigenvalue weighted by molar-refractivity contribution is -0.137. The van der Waals surface area contributed by atoms with Gasteiger partial charge in [0.05, 0.1) is 5.56 Å². The fourth-order valence-electron chi connectivity index (χ4n) is 1.54. The number of halogens is 3. The first-order chi connectivity index (χ1) is 6.48. The monoisotopic (exact) mass is 201 g/mol. The maximum atomic E-state index is 12.3. The van der Waals surface area contributed by atoms with Crippen LogP contribution in [0.1, 0.15) is 23.5 Å². The highest BCUT2D eigenvalue weighted by Crippen LogP contribution is 2.40. The lowest BCUT2D eigenvalue weighted by atomic mass is 10.1. The van der Waals surface area contributed by atoms with Gasteiger partial charge >= 0.3 is 6.18 Å². The van der Waals surface area contributed by atoms with E-state index in [0.29, 0.717) is 5.56 Å². The number of rotatable bonds is 1. The van der Waals surface area contributed by atoms with Gasteiger partial charge < -0.3 is 5.73 Å². The van der Waals surface area contributed by atoms with Crippen LogP contribution in [0.15, 0.2) is 24.3 Å². The van der Waals surface area contributed by atoms with Gasteiger partial charge in [0.15, 0.2) is 0 Å². The summed E-state index contributed by atoms with van der Waals surface area (Å²) in [5, 5.41) is 0. The van der Waals surface area contributed by atoms with Crippen LogP contribution in [0.25, 0.3) is 0 Å². The molecule has 1 fully saturated rings. The second kappa shape index (κ2) is 2.98. The van der Waals surface area contributed by atoms with Gasteiger partial charge in [-0.2, -0.15) is 13.2 Å². The molecular weight excluding hydrogens is 191 g/mol. The molecule has 4 heteroatoms. The van der Waals surface area contributed by atoms with Gasteiger partial charge in [0, 0.05) is 12.0 Å². The van der Waals surface area contributed by atoms with Crippen LogP contribution < -0.4 is 5.73 Å². The summed E-state index contributed by atoms with van der Waals surface area (Å²) in [5.74, 6) is 0.122. The van der Waals surface area contributed by atoms with Crippen molar-refractivity contribution in [2.45, 2.75) is 24.6 Å². The highest BCUT2D eigenvalue weighted by molar-refractivity contribution is 5.32. The van der Waals surface area contributed by atoms with Crippen molar-refractivity contribution in [1.82, 2.24) is 0 Å². The molecule has 1 saturated carbocycles. The van der Waals surface area contributed by atoms with Crippen LogP contribution >= 0.6 is 0 Å². The number of benzene rings is 1. The van der Waals surface area contributed by atoms with Crippen molar-refractivity contribution >= 4 is 0 Å². The SMILES string of the molecule is N[C@H]1C[C@H]1c1cccc(C(F)(F)F)c1. The molecule has 14 heavy (non-hydrogen) atoms. The first-order valence-electron chi connectivity index (χ1n) is 4.41. The van der Waals surface area contributed by atoms with Crippen molar-refractivity contribution in [3.05, 3.63) is 35.4 Å². The van der Waals surface area contributed by atoms with Crippen LogP contribution in [0.2, 0.25) is 0 Å². The Hall–Kier alpha value is -1.03. The third-order valence-corrected chi connectivity index (χ3v) is 2.48. The molecular formula is C10H10F3N. The van der Waals surface area contributed by atoms with E-state index < -0.39 is 11.7 Å². The molecule has 76 valence electrons. The molecule has 1 aliphatic rings. The molecule has 1 aliphatic carbocycles. The van der Waals surface area contributed by atoms with Crippen molar-refractivity contribution in [3.63, 3.8) is 0 Å². The number of hydrogen-bond acceptors (Lipinski definition) is 1. The van der Waals surface area contributed by atoms with Gasteiger partial charge in [-0.1, -0.05) is 18.2 Å². The van der Waals surface area contributed by atoms with Gasteiger partial charge in [-0.15, -0.1) is 0 Å². The molecule has 0 aromatic heterocycles. The molecule has 1 aromatic rings. The summed E-state index contributed by atoms with van der Waals surface area (Å²) in [4.78, 5) is 0. The quantitative estimate of drug-likeness (QED) is 0.742. The molecule has 2 atom stereocenters. The standard InChI is InChI=1S/C10H10F3N/c11-10(12,13)7-3-1-2-6(4-7)8-5-9(8)14/h1-4,8-9H,5,14H2/t8-,9-/m0/s1. The van der Waals surface area contributed by atoms with Crippen LogP contribution in [0.4, 0.5) is 13.2 Å². The van der Waals surface area contributed by atoms with Crippen LogP contribution in [-0.4, -0.2) is 6.04 Å². The zero-order valence-electron chi connectivity index (χ0n) is 7.38. The second-order valence-electron chi connectivity index (χ2n) is 3.63. The maximum Gasteiger partial charge on any atom is 0.416 e. The molecule has 0 amide bonds. The summed E-state index contributed by atoms with van der Waals surface area (Å²) in [5.41, 5.74) is 5.69. The Bertz CT molecular complexity index is 345. The van der Waals surface area contributed by atoms with E-state index in [4.69, 9.17) is 5.73 Å². The minimum Gasteiger partial charge on any atom is -0.327 e. The van der Waals surface area contributed by atoms with Gasteiger partial charge in [0.2, 0.25) is 0 Å². The predicted molar refractivity (Wildman–Crippen MR) is 46.8 cm³/mol. The molecule has 0 spiro atoms. The van der Waals surface area contributed by atoms with E-state index in [1.807, 2.05) is 0 Å². The molecule has 0 aliphatic heterocycles. The van der Waals surface area contributed by atoms with E-state index in [0.717, 1.165) is 12.5 Å². The van der Waals surface area contributed by atoms with Gasteiger partial charge in [-0.25, -0.2) is 0 Å². The summed E-state index contributed by atoms with van der Waals surface area (Å²) in [6, 6.07) is 5.45. The maximum absolute atomic E-state index is 12.3. The van der Waals surface area contributed by atoms with Crippen molar-refractivity contribution in [2.24, 2.45) is 5.73 Å². The van der Waals surface area contributed by atoms with E-state index in [2.05, 4.69) is 0 Å². The average molecular weight is 201 g/mol. The molecule has 0 bridgehead atoms. The molecule has 1 aromatic carbocycles. The Labute approximate surface area is 79.7 Å².